The van der Waals surface area contributed by atoms with E-state index in [4.69, 9.17) is 14.5 Å². The van der Waals surface area contributed by atoms with Crippen molar-refractivity contribution in [1.82, 2.24) is 10.2 Å². The zero-order chi connectivity index (χ0) is 18.1. The fraction of sp³-hybridized carbons (Fsp3) is 0.579. The molecule has 2 rings (SSSR count). The Bertz CT molecular complexity index is 570. The van der Waals surface area contributed by atoms with Gasteiger partial charge in [0, 0.05) is 19.6 Å². The molecule has 1 N–H and O–H groups in total. The maximum atomic E-state index is 11.9. The molecule has 0 unspecified atom stereocenters. The van der Waals surface area contributed by atoms with Crippen LogP contribution in [0.25, 0.3) is 0 Å². The predicted octanol–water partition coefficient (Wildman–Crippen LogP) is 3.05. The highest BCUT2D eigenvalue weighted by molar-refractivity contribution is 14.0. The number of nitrogens with zero attached hydrogens (tertiary/aromatic N) is 2. The van der Waals surface area contributed by atoms with Crippen molar-refractivity contribution in [3.63, 3.8) is 0 Å². The van der Waals surface area contributed by atoms with Crippen molar-refractivity contribution in [2.45, 2.75) is 33.2 Å². The molecule has 0 aromatic heterocycles. The summed E-state index contributed by atoms with van der Waals surface area (Å²) in [7, 11) is 1.66. The molecule has 7 heteroatoms. The van der Waals surface area contributed by atoms with E-state index in [-0.39, 0.29) is 35.9 Å². The third kappa shape index (κ3) is 6.66. The molecule has 0 spiro atoms. The molecule has 0 atom stereocenters. The highest BCUT2D eigenvalue weighted by Gasteiger charge is 2.27. The monoisotopic (exact) mass is 475 g/mol. The van der Waals surface area contributed by atoms with Gasteiger partial charge in [-0.05, 0) is 44.4 Å². The van der Waals surface area contributed by atoms with Gasteiger partial charge in [-0.1, -0.05) is 12.1 Å². The van der Waals surface area contributed by atoms with Crippen LogP contribution in [0, 0.1) is 5.92 Å². The van der Waals surface area contributed by atoms with E-state index in [1.54, 1.807) is 7.11 Å². The summed E-state index contributed by atoms with van der Waals surface area (Å²) >= 11 is 0. The molecular weight excluding hydrogens is 445 g/mol. The number of nitrogens with one attached hydrogen (secondary N) is 1. The number of esters is 1. The molecule has 146 valence electrons. The van der Waals surface area contributed by atoms with E-state index >= 15 is 0 Å². The number of benzene rings is 1. The standard InChI is InChI=1S/C19H29N3O3.HI/c1-4-20-19(21-14-15-6-8-17(24-3)9-7-15)22-12-10-16(11-13-22)18(23)25-5-2;/h6-9,16H,4-5,10-14H2,1-3H3,(H,20,21);1H. The third-order valence-electron chi connectivity index (χ3n) is 4.32. The van der Waals surface area contributed by atoms with Crippen LogP contribution in [0.2, 0.25) is 0 Å². The number of hydrogen-bond acceptors (Lipinski definition) is 4. The lowest BCUT2D eigenvalue weighted by Crippen LogP contribution is -2.46. The summed E-state index contributed by atoms with van der Waals surface area (Å²) in [5.74, 6) is 1.70. The maximum absolute atomic E-state index is 11.9. The lowest BCUT2D eigenvalue weighted by atomic mass is 9.97. The molecule has 0 bridgehead atoms. The van der Waals surface area contributed by atoms with E-state index in [0.717, 1.165) is 49.7 Å². The van der Waals surface area contributed by atoms with Gasteiger partial charge in [-0.25, -0.2) is 4.99 Å². The Morgan fingerprint density at radius 1 is 1.23 bits per heavy atom. The number of carbonyl (C=O) groups is 1. The summed E-state index contributed by atoms with van der Waals surface area (Å²) < 4.78 is 10.3. The van der Waals surface area contributed by atoms with E-state index in [1.165, 1.54) is 0 Å². The smallest absolute Gasteiger partial charge is 0.309 e. The summed E-state index contributed by atoms with van der Waals surface area (Å²) in [4.78, 5) is 18.8. The van der Waals surface area contributed by atoms with Crippen molar-refractivity contribution < 1.29 is 14.3 Å². The average Bonchev–Trinajstić information content (AvgIpc) is 2.66. The number of guanidine groups is 1. The van der Waals surface area contributed by atoms with Crippen LogP contribution < -0.4 is 10.1 Å². The summed E-state index contributed by atoms with van der Waals surface area (Å²) in [6, 6.07) is 7.95. The van der Waals surface area contributed by atoms with Gasteiger partial charge >= 0.3 is 5.97 Å². The zero-order valence-corrected chi connectivity index (χ0v) is 18.2. The summed E-state index contributed by atoms with van der Waals surface area (Å²) in [6.07, 6.45) is 1.62. The number of carbonyl (C=O) groups excluding carboxylic acids is 1. The predicted molar refractivity (Wildman–Crippen MR) is 114 cm³/mol. The molecular formula is C19H30IN3O3. The Labute approximate surface area is 173 Å². The second kappa shape index (κ2) is 12.0. The fourth-order valence-corrected chi connectivity index (χ4v) is 2.91. The number of hydrogen-bond donors (Lipinski definition) is 1. The van der Waals surface area contributed by atoms with Crippen LogP contribution in [-0.4, -0.2) is 50.2 Å². The first kappa shape index (κ1) is 22.5. The van der Waals surface area contributed by atoms with Gasteiger partial charge < -0.3 is 19.7 Å². The van der Waals surface area contributed by atoms with Gasteiger partial charge in [-0.15, -0.1) is 24.0 Å². The Balaban J connectivity index is 0.00000338. The Kier molecular flexibility index (Phi) is 10.4. The number of halogens is 1. The van der Waals surface area contributed by atoms with E-state index < -0.39 is 0 Å². The second-order valence-electron chi connectivity index (χ2n) is 6.03. The Hall–Kier alpha value is -1.51. The van der Waals surface area contributed by atoms with Gasteiger partial charge in [-0.2, -0.15) is 0 Å². The van der Waals surface area contributed by atoms with Crippen LogP contribution in [0.5, 0.6) is 5.75 Å². The quantitative estimate of drug-likeness (QED) is 0.297. The van der Waals surface area contributed by atoms with Crippen molar-refractivity contribution in [2.75, 3.05) is 33.4 Å². The molecule has 1 aromatic rings. The molecule has 1 aliphatic rings. The molecule has 0 amide bonds. The Morgan fingerprint density at radius 2 is 1.88 bits per heavy atom. The van der Waals surface area contributed by atoms with Gasteiger partial charge in [0.15, 0.2) is 5.96 Å². The fourth-order valence-electron chi connectivity index (χ4n) is 2.91. The Morgan fingerprint density at radius 3 is 2.42 bits per heavy atom. The van der Waals surface area contributed by atoms with Crippen molar-refractivity contribution >= 4 is 35.9 Å². The lowest BCUT2D eigenvalue weighted by Gasteiger charge is -2.33. The molecule has 1 aliphatic heterocycles. The molecule has 1 saturated heterocycles. The number of methoxy groups -OCH3 is 1. The number of aliphatic imine (C=N–C) groups is 1. The second-order valence-corrected chi connectivity index (χ2v) is 6.03. The molecule has 1 heterocycles. The van der Waals surface area contributed by atoms with Gasteiger partial charge in [0.2, 0.25) is 0 Å². The number of rotatable bonds is 6. The molecule has 0 aliphatic carbocycles. The van der Waals surface area contributed by atoms with E-state index in [1.807, 2.05) is 31.2 Å². The van der Waals surface area contributed by atoms with Crippen molar-refractivity contribution in [3.05, 3.63) is 29.8 Å². The normalized spacial score (nSPS) is 15.2. The molecule has 26 heavy (non-hydrogen) atoms. The van der Waals surface area contributed by atoms with Crippen LogP contribution in [0.15, 0.2) is 29.3 Å². The molecule has 0 saturated carbocycles. The van der Waals surface area contributed by atoms with Gasteiger partial charge in [0.25, 0.3) is 0 Å². The van der Waals surface area contributed by atoms with Crippen molar-refractivity contribution in [3.8, 4) is 5.75 Å². The first-order valence-corrected chi connectivity index (χ1v) is 9.00. The largest absolute Gasteiger partial charge is 0.497 e. The van der Waals surface area contributed by atoms with Crippen LogP contribution in [0.1, 0.15) is 32.3 Å². The zero-order valence-electron chi connectivity index (χ0n) is 15.9. The lowest BCUT2D eigenvalue weighted by molar-refractivity contribution is -0.149. The van der Waals surface area contributed by atoms with E-state index in [2.05, 4.69) is 17.1 Å². The van der Waals surface area contributed by atoms with E-state index in [0.29, 0.717) is 13.2 Å². The summed E-state index contributed by atoms with van der Waals surface area (Å²) in [5.41, 5.74) is 1.14. The maximum Gasteiger partial charge on any atom is 0.309 e. The summed E-state index contributed by atoms with van der Waals surface area (Å²) in [6.45, 7) is 7.43. The first-order valence-electron chi connectivity index (χ1n) is 9.00. The molecule has 0 radical (unpaired) electrons. The third-order valence-corrected chi connectivity index (χ3v) is 4.32. The molecule has 1 fully saturated rings. The number of ether oxygens (including phenoxy) is 2. The first-order chi connectivity index (χ1) is 12.2. The minimum Gasteiger partial charge on any atom is -0.497 e. The SMILES string of the molecule is CCNC(=NCc1ccc(OC)cc1)N1CCC(C(=O)OCC)CC1.I. The molecule has 1 aromatic carbocycles. The van der Waals surface area contributed by atoms with Crippen LogP contribution in [-0.2, 0) is 16.1 Å². The van der Waals surface area contributed by atoms with Crippen molar-refractivity contribution in [2.24, 2.45) is 10.9 Å². The van der Waals surface area contributed by atoms with Crippen LogP contribution in [0.3, 0.4) is 0 Å². The van der Waals surface area contributed by atoms with Crippen molar-refractivity contribution in [1.29, 1.82) is 0 Å². The number of likely N-dealkylation sites (tertiary alicyclic amines) is 1. The highest BCUT2D eigenvalue weighted by atomic mass is 127. The number of piperidine rings is 1. The topological polar surface area (TPSA) is 63.2 Å². The van der Waals surface area contributed by atoms with Gasteiger partial charge in [0.1, 0.15) is 5.75 Å². The van der Waals surface area contributed by atoms with Crippen LogP contribution >= 0.6 is 24.0 Å². The molecule has 6 nitrogen and oxygen atoms in total. The van der Waals surface area contributed by atoms with Gasteiger partial charge in [0.05, 0.1) is 26.2 Å². The van der Waals surface area contributed by atoms with E-state index in [9.17, 15) is 4.79 Å². The highest BCUT2D eigenvalue weighted by Crippen LogP contribution is 2.19. The minimum atomic E-state index is -0.0673. The summed E-state index contributed by atoms with van der Waals surface area (Å²) in [5, 5.41) is 3.35. The van der Waals surface area contributed by atoms with Gasteiger partial charge in [-0.3, -0.25) is 4.79 Å². The van der Waals surface area contributed by atoms with Crippen LogP contribution in [0.4, 0.5) is 0 Å². The average molecular weight is 475 g/mol. The minimum absolute atomic E-state index is 0.